The summed E-state index contributed by atoms with van der Waals surface area (Å²) in [6, 6.07) is 7.05. The fourth-order valence-electron chi connectivity index (χ4n) is 2.78. The van der Waals surface area contributed by atoms with Crippen LogP contribution in [0.25, 0.3) is 6.20 Å². The number of hydrogen-bond donors (Lipinski definition) is 1. The minimum Gasteiger partial charge on any atom is -0.339 e. The van der Waals surface area contributed by atoms with Gasteiger partial charge in [-0.2, -0.15) is 0 Å². The van der Waals surface area contributed by atoms with E-state index in [1.54, 1.807) is 43.6 Å². The number of carbonyl (C=O) groups excluding carboxylic acids is 2. The van der Waals surface area contributed by atoms with E-state index in [2.05, 4.69) is 15.6 Å². The molecule has 1 N–H and O–H groups in total. The van der Waals surface area contributed by atoms with Crippen molar-refractivity contribution in [3.8, 4) is 0 Å². The number of nitrogens with one attached hydrogen (secondary N) is 1. The lowest BCUT2D eigenvalue weighted by atomic mass is 10.1. The van der Waals surface area contributed by atoms with Gasteiger partial charge in [-0.15, -0.1) is 5.10 Å². The smallest absolute Gasteiger partial charge is 0.253 e. The standard InChI is InChI=1S/C18H21N5O2/c1-14(13-23-11-8-19-21-23)17(24)20-16-7-5-6-15(12-16)18(25)22-9-3-2-4-10-22/h5-8,11-13H,2-4,9-10H2,1H3,(H,20,24). The average molecular weight is 339 g/mol. The lowest BCUT2D eigenvalue weighted by Gasteiger charge is -2.26. The van der Waals surface area contributed by atoms with Crippen LogP contribution in [0, 0.1) is 0 Å². The van der Waals surface area contributed by atoms with Gasteiger partial charge in [-0.25, -0.2) is 4.68 Å². The van der Waals surface area contributed by atoms with E-state index < -0.39 is 0 Å². The van der Waals surface area contributed by atoms with Crippen molar-refractivity contribution in [2.45, 2.75) is 26.2 Å². The van der Waals surface area contributed by atoms with Crippen LogP contribution in [0.3, 0.4) is 0 Å². The van der Waals surface area contributed by atoms with Crippen molar-refractivity contribution in [2.24, 2.45) is 0 Å². The molecule has 1 saturated heterocycles. The zero-order chi connectivity index (χ0) is 17.6. The number of benzene rings is 1. The summed E-state index contributed by atoms with van der Waals surface area (Å²) in [6.45, 7) is 3.30. The second kappa shape index (κ2) is 7.74. The summed E-state index contributed by atoms with van der Waals surface area (Å²) in [7, 11) is 0. The zero-order valence-corrected chi connectivity index (χ0v) is 14.2. The van der Waals surface area contributed by atoms with E-state index in [0.29, 0.717) is 16.8 Å². The minimum absolute atomic E-state index is 0.0191. The van der Waals surface area contributed by atoms with Crippen LogP contribution < -0.4 is 5.32 Å². The summed E-state index contributed by atoms with van der Waals surface area (Å²) in [5, 5.41) is 10.3. The van der Waals surface area contributed by atoms with E-state index >= 15 is 0 Å². The second-order valence-electron chi connectivity index (χ2n) is 6.08. The Bertz CT molecular complexity index is 777. The molecule has 7 nitrogen and oxygen atoms in total. The number of carbonyl (C=O) groups is 2. The average Bonchev–Trinajstić information content (AvgIpc) is 3.15. The molecule has 25 heavy (non-hydrogen) atoms. The molecule has 0 saturated carbocycles. The van der Waals surface area contributed by atoms with Crippen molar-refractivity contribution in [3.63, 3.8) is 0 Å². The molecule has 2 amide bonds. The highest BCUT2D eigenvalue weighted by Crippen LogP contribution is 2.17. The topological polar surface area (TPSA) is 80.1 Å². The fourth-order valence-corrected chi connectivity index (χ4v) is 2.78. The largest absolute Gasteiger partial charge is 0.339 e. The summed E-state index contributed by atoms with van der Waals surface area (Å²) in [6.07, 6.45) is 8.05. The van der Waals surface area contributed by atoms with Gasteiger partial charge in [-0.1, -0.05) is 11.3 Å². The van der Waals surface area contributed by atoms with Gasteiger partial charge in [0.1, 0.15) is 0 Å². The number of likely N-dealkylation sites (tertiary alicyclic amines) is 1. The van der Waals surface area contributed by atoms with Gasteiger partial charge < -0.3 is 10.2 Å². The van der Waals surface area contributed by atoms with Crippen LogP contribution in [0.5, 0.6) is 0 Å². The molecule has 0 bridgehead atoms. The van der Waals surface area contributed by atoms with Crippen LogP contribution in [0.15, 0.2) is 42.2 Å². The quantitative estimate of drug-likeness (QED) is 0.868. The van der Waals surface area contributed by atoms with E-state index in [4.69, 9.17) is 0 Å². The lowest BCUT2D eigenvalue weighted by molar-refractivity contribution is -0.112. The van der Waals surface area contributed by atoms with Crippen LogP contribution in [-0.4, -0.2) is 44.8 Å². The molecule has 0 unspecified atom stereocenters. The molecule has 1 aromatic carbocycles. The molecule has 0 atom stereocenters. The fraction of sp³-hybridized carbons (Fsp3) is 0.333. The number of aromatic nitrogens is 3. The molecule has 1 aliphatic rings. The van der Waals surface area contributed by atoms with Crippen molar-refractivity contribution in [1.29, 1.82) is 0 Å². The molecule has 1 aliphatic heterocycles. The third-order valence-electron chi connectivity index (χ3n) is 4.14. The van der Waals surface area contributed by atoms with E-state index in [0.717, 1.165) is 25.9 Å². The first-order valence-electron chi connectivity index (χ1n) is 8.38. The highest BCUT2D eigenvalue weighted by atomic mass is 16.2. The van der Waals surface area contributed by atoms with Crippen molar-refractivity contribution in [2.75, 3.05) is 18.4 Å². The molecule has 130 valence electrons. The Morgan fingerprint density at radius 2 is 2.00 bits per heavy atom. The normalized spacial score (nSPS) is 15.1. The van der Waals surface area contributed by atoms with E-state index in [1.165, 1.54) is 17.3 Å². The van der Waals surface area contributed by atoms with E-state index in [9.17, 15) is 9.59 Å². The Labute approximate surface area is 146 Å². The maximum Gasteiger partial charge on any atom is 0.253 e. The summed E-state index contributed by atoms with van der Waals surface area (Å²) in [5.41, 5.74) is 1.68. The van der Waals surface area contributed by atoms with Gasteiger partial charge in [0.25, 0.3) is 11.8 Å². The van der Waals surface area contributed by atoms with Crippen LogP contribution >= 0.6 is 0 Å². The maximum atomic E-state index is 12.6. The molecule has 2 aromatic rings. The van der Waals surface area contributed by atoms with Gasteiger partial charge in [0, 0.05) is 36.1 Å². The minimum atomic E-state index is -0.252. The van der Waals surface area contributed by atoms with Gasteiger partial charge in [-0.05, 0) is 44.4 Å². The highest BCUT2D eigenvalue weighted by molar-refractivity contribution is 6.06. The number of anilines is 1. The van der Waals surface area contributed by atoms with E-state index in [1.807, 2.05) is 4.90 Å². The number of nitrogens with zero attached hydrogens (tertiary/aromatic N) is 4. The van der Waals surface area contributed by atoms with Gasteiger partial charge in [0.15, 0.2) is 0 Å². The third-order valence-corrected chi connectivity index (χ3v) is 4.14. The molecule has 7 heteroatoms. The molecule has 0 spiro atoms. The van der Waals surface area contributed by atoms with Crippen molar-refractivity contribution in [3.05, 3.63) is 47.8 Å². The molecular formula is C18H21N5O2. The van der Waals surface area contributed by atoms with Gasteiger partial charge >= 0.3 is 0 Å². The van der Waals surface area contributed by atoms with Crippen LogP contribution in [0.1, 0.15) is 36.5 Å². The summed E-state index contributed by atoms with van der Waals surface area (Å²) in [4.78, 5) is 26.7. The Kier molecular flexibility index (Phi) is 5.23. The Balaban J connectivity index is 1.69. The molecule has 1 aromatic heterocycles. The Morgan fingerprint density at radius 3 is 2.72 bits per heavy atom. The van der Waals surface area contributed by atoms with E-state index in [-0.39, 0.29) is 11.8 Å². The summed E-state index contributed by atoms with van der Waals surface area (Å²) >= 11 is 0. The van der Waals surface area contributed by atoms with Crippen molar-refractivity contribution >= 4 is 23.7 Å². The summed E-state index contributed by atoms with van der Waals surface area (Å²) < 4.78 is 1.46. The number of rotatable bonds is 4. The number of amides is 2. The highest BCUT2D eigenvalue weighted by Gasteiger charge is 2.18. The van der Waals surface area contributed by atoms with Crippen LogP contribution in [0.4, 0.5) is 5.69 Å². The lowest BCUT2D eigenvalue weighted by Crippen LogP contribution is -2.35. The first kappa shape index (κ1) is 16.9. The van der Waals surface area contributed by atoms with Gasteiger partial charge in [0.05, 0.1) is 12.4 Å². The number of piperidine rings is 1. The first-order chi connectivity index (χ1) is 12.1. The van der Waals surface area contributed by atoms with Crippen LogP contribution in [-0.2, 0) is 4.79 Å². The Morgan fingerprint density at radius 1 is 1.20 bits per heavy atom. The molecule has 0 aliphatic carbocycles. The van der Waals surface area contributed by atoms with Gasteiger partial charge in [0.2, 0.25) is 0 Å². The Hall–Kier alpha value is -2.96. The number of hydrogen-bond acceptors (Lipinski definition) is 4. The van der Waals surface area contributed by atoms with Crippen molar-refractivity contribution < 1.29 is 9.59 Å². The zero-order valence-electron chi connectivity index (χ0n) is 14.2. The SMILES string of the molecule is CC(=Cn1ccnn1)C(=O)Nc1cccc(C(=O)N2CCCCC2)c1. The third kappa shape index (κ3) is 4.32. The monoisotopic (exact) mass is 339 g/mol. The summed E-state index contributed by atoms with van der Waals surface area (Å²) in [5.74, 6) is -0.233. The van der Waals surface area contributed by atoms with Crippen LogP contribution in [0.2, 0.25) is 0 Å². The first-order valence-corrected chi connectivity index (χ1v) is 8.38. The predicted molar refractivity (Wildman–Crippen MR) is 94.8 cm³/mol. The molecule has 0 radical (unpaired) electrons. The molecule has 1 fully saturated rings. The van der Waals surface area contributed by atoms with Crippen molar-refractivity contribution in [1.82, 2.24) is 19.9 Å². The molecule has 3 rings (SSSR count). The molecule has 2 heterocycles. The molecular weight excluding hydrogens is 318 g/mol. The maximum absolute atomic E-state index is 12.6. The predicted octanol–water partition coefficient (Wildman–Crippen LogP) is 2.40. The van der Waals surface area contributed by atoms with Gasteiger partial charge in [-0.3, -0.25) is 9.59 Å². The second-order valence-corrected chi connectivity index (χ2v) is 6.08.